The van der Waals surface area contributed by atoms with E-state index in [9.17, 15) is 0 Å². The molecule has 1 aromatic heterocycles. The molecular formula is C48H31NO. The van der Waals surface area contributed by atoms with E-state index in [0.717, 1.165) is 39.0 Å². The van der Waals surface area contributed by atoms with E-state index in [-0.39, 0.29) is 0 Å². The molecule has 0 spiro atoms. The van der Waals surface area contributed by atoms with Gasteiger partial charge in [0.2, 0.25) is 0 Å². The lowest BCUT2D eigenvalue weighted by Gasteiger charge is -2.26. The van der Waals surface area contributed by atoms with Crippen molar-refractivity contribution in [1.29, 1.82) is 0 Å². The molecular weight excluding hydrogens is 607 g/mol. The molecule has 0 unspecified atom stereocenters. The van der Waals surface area contributed by atoms with Gasteiger partial charge in [-0.1, -0.05) is 127 Å². The van der Waals surface area contributed by atoms with E-state index in [1.807, 2.05) is 0 Å². The molecule has 0 fully saturated rings. The standard InChI is InChI=1S/C48H31NO/c1-2-10-36-28-39(17-16-32(36)8-1)33-18-22-40(23-19-33)49(41-24-20-35(21-25-41)44-15-7-13-34-9-5-6-14-43(34)44)42-26-27-47-46(31-42)45-29-37-11-3-4-12-38(37)30-48(45)50-47/h1-31H. The number of benzene rings is 9. The summed E-state index contributed by atoms with van der Waals surface area (Å²) in [6.45, 7) is 0. The highest BCUT2D eigenvalue weighted by molar-refractivity contribution is 6.11. The minimum atomic E-state index is 0.886. The van der Waals surface area contributed by atoms with Crippen molar-refractivity contribution in [3.63, 3.8) is 0 Å². The quantitative estimate of drug-likeness (QED) is 0.187. The predicted octanol–water partition coefficient (Wildman–Crippen LogP) is 13.8. The lowest BCUT2D eigenvalue weighted by atomic mass is 9.98. The number of hydrogen-bond donors (Lipinski definition) is 0. The number of nitrogens with zero attached hydrogens (tertiary/aromatic N) is 1. The maximum absolute atomic E-state index is 6.38. The van der Waals surface area contributed by atoms with Crippen molar-refractivity contribution in [3.05, 3.63) is 188 Å². The Balaban J connectivity index is 1.10. The van der Waals surface area contributed by atoms with Crippen LogP contribution in [-0.2, 0) is 0 Å². The van der Waals surface area contributed by atoms with Crippen LogP contribution < -0.4 is 4.90 Å². The van der Waals surface area contributed by atoms with Crippen LogP contribution in [0.2, 0.25) is 0 Å². The summed E-state index contributed by atoms with van der Waals surface area (Å²) < 4.78 is 6.38. The van der Waals surface area contributed by atoms with Crippen molar-refractivity contribution in [2.24, 2.45) is 0 Å². The molecule has 10 aromatic rings. The Morgan fingerprint density at radius 2 is 0.860 bits per heavy atom. The largest absolute Gasteiger partial charge is 0.456 e. The summed E-state index contributed by atoms with van der Waals surface area (Å²) in [6, 6.07) is 67.6. The summed E-state index contributed by atoms with van der Waals surface area (Å²) in [5.41, 5.74) is 9.87. The van der Waals surface area contributed by atoms with Gasteiger partial charge in [-0.3, -0.25) is 0 Å². The highest BCUT2D eigenvalue weighted by atomic mass is 16.3. The van der Waals surface area contributed by atoms with Crippen molar-refractivity contribution in [1.82, 2.24) is 0 Å². The van der Waals surface area contributed by atoms with Crippen LogP contribution in [0.4, 0.5) is 17.1 Å². The highest BCUT2D eigenvalue weighted by Crippen LogP contribution is 2.41. The van der Waals surface area contributed by atoms with Crippen LogP contribution in [-0.4, -0.2) is 0 Å². The van der Waals surface area contributed by atoms with Gasteiger partial charge in [0.25, 0.3) is 0 Å². The lowest BCUT2D eigenvalue weighted by molar-refractivity contribution is 0.669. The van der Waals surface area contributed by atoms with E-state index in [2.05, 4.69) is 193 Å². The maximum Gasteiger partial charge on any atom is 0.136 e. The number of hydrogen-bond acceptors (Lipinski definition) is 2. The molecule has 0 saturated carbocycles. The fourth-order valence-electron chi connectivity index (χ4n) is 7.48. The number of anilines is 3. The van der Waals surface area contributed by atoms with Crippen LogP contribution in [0.25, 0.3) is 76.5 Å². The van der Waals surface area contributed by atoms with Crippen LogP contribution >= 0.6 is 0 Å². The molecule has 0 radical (unpaired) electrons. The molecule has 0 bridgehead atoms. The molecule has 234 valence electrons. The smallest absolute Gasteiger partial charge is 0.136 e. The third-order valence-electron chi connectivity index (χ3n) is 10.0. The van der Waals surface area contributed by atoms with Crippen molar-refractivity contribution < 1.29 is 4.42 Å². The first-order valence-corrected chi connectivity index (χ1v) is 17.1. The van der Waals surface area contributed by atoms with Gasteiger partial charge in [-0.2, -0.15) is 0 Å². The Labute approximate surface area is 290 Å². The van der Waals surface area contributed by atoms with Gasteiger partial charge in [-0.25, -0.2) is 0 Å². The summed E-state index contributed by atoms with van der Waals surface area (Å²) in [6.07, 6.45) is 0. The monoisotopic (exact) mass is 637 g/mol. The summed E-state index contributed by atoms with van der Waals surface area (Å²) in [5.74, 6) is 0. The second-order valence-corrected chi connectivity index (χ2v) is 13.0. The Morgan fingerprint density at radius 1 is 0.300 bits per heavy atom. The number of fused-ring (bicyclic) bond motifs is 6. The van der Waals surface area contributed by atoms with Crippen molar-refractivity contribution in [2.75, 3.05) is 4.90 Å². The molecule has 0 aliphatic heterocycles. The fraction of sp³-hybridized carbons (Fsp3) is 0. The van der Waals surface area contributed by atoms with E-state index in [1.54, 1.807) is 0 Å². The van der Waals surface area contributed by atoms with Gasteiger partial charge in [-0.05, 0) is 115 Å². The van der Waals surface area contributed by atoms with Gasteiger partial charge >= 0.3 is 0 Å². The number of rotatable bonds is 5. The second kappa shape index (κ2) is 11.5. The van der Waals surface area contributed by atoms with Crippen LogP contribution in [0.5, 0.6) is 0 Å². The van der Waals surface area contributed by atoms with E-state index in [1.165, 1.54) is 54.6 Å². The first-order valence-electron chi connectivity index (χ1n) is 17.1. The summed E-state index contributed by atoms with van der Waals surface area (Å²) in [4.78, 5) is 2.34. The molecule has 9 aromatic carbocycles. The molecule has 0 aliphatic rings. The summed E-state index contributed by atoms with van der Waals surface area (Å²) in [5, 5.41) is 9.62. The van der Waals surface area contributed by atoms with Crippen molar-refractivity contribution in [3.8, 4) is 22.3 Å². The van der Waals surface area contributed by atoms with Gasteiger partial charge in [0, 0.05) is 27.8 Å². The second-order valence-electron chi connectivity index (χ2n) is 13.0. The molecule has 50 heavy (non-hydrogen) atoms. The minimum absolute atomic E-state index is 0.886. The summed E-state index contributed by atoms with van der Waals surface area (Å²) in [7, 11) is 0. The molecule has 0 atom stereocenters. The Hall–Kier alpha value is -6.64. The SMILES string of the molecule is c1ccc2cc(-c3ccc(N(c4ccc(-c5cccc6ccccc56)cc4)c4ccc5oc6cc7ccccc7cc6c5c4)cc3)ccc2c1. The van der Waals surface area contributed by atoms with E-state index in [0.29, 0.717) is 0 Å². The zero-order valence-corrected chi connectivity index (χ0v) is 27.3. The zero-order chi connectivity index (χ0) is 33.0. The van der Waals surface area contributed by atoms with Gasteiger partial charge < -0.3 is 9.32 Å². The minimum Gasteiger partial charge on any atom is -0.456 e. The maximum atomic E-state index is 6.38. The Bertz CT molecular complexity index is 2860. The Kier molecular flexibility index (Phi) is 6.53. The van der Waals surface area contributed by atoms with Crippen LogP contribution in [0.1, 0.15) is 0 Å². The van der Waals surface area contributed by atoms with E-state index >= 15 is 0 Å². The topological polar surface area (TPSA) is 16.4 Å². The van der Waals surface area contributed by atoms with E-state index < -0.39 is 0 Å². The first kappa shape index (κ1) is 28.4. The van der Waals surface area contributed by atoms with Crippen molar-refractivity contribution in [2.45, 2.75) is 0 Å². The summed E-state index contributed by atoms with van der Waals surface area (Å²) >= 11 is 0. The molecule has 10 rings (SSSR count). The Morgan fingerprint density at radius 3 is 1.62 bits per heavy atom. The molecule has 0 aliphatic carbocycles. The van der Waals surface area contributed by atoms with Crippen molar-refractivity contribution >= 4 is 71.3 Å². The molecule has 1 heterocycles. The predicted molar refractivity (Wildman–Crippen MR) is 212 cm³/mol. The molecule has 0 amide bonds. The average Bonchev–Trinajstić information content (AvgIpc) is 3.54. The van der Waals surface area contributed by atoms with Gasteiger partial charge in [0.05, 0.1) is 0 Å². The van der Waals surface area contributed by atoms with Gasteiger partial charge in [-0.15, -0.1) is 0 Å². The molecule has 0 saturated heterocycles. The fourth-order valence-corrected chi connectivity index (χ4v) is 7.48. The third-order valence-corrected chi connectivity index (χ3v) is 10.0. The first-order chi connectivity index (χ1) is 24.7. The van der Waals surface area contributed by atoms with Crippen LogP contribution in [0, 0.1) is 0 Å². The normalized spacial score (nSPS) is 11.6. The highest BCUT2D eigenvalue weighted by Gasteiger charge is 2.17. The van der Waals surface area contributed by atoms with Crippen LogP contribution in [0.3, 0.4) is 0 Å². The average molecular weight is 638 g/mol. The van der Waals surface area contributed by atoms with Gasteiger partial charge in [0.1, 0.15) is 11.2 Å². The lowest BCUT2D eigenvalue weighted by Crippen LogP contribution is -2.09. The van der Waals surface area contributed by atoms with Crippen LogP contribution in [0.15, 0.2) is 192 Å². The molecule has 0 N–H and O–H groups in total. The van der Waals surface area contributed by atoms with Gasteiger partial charge in [0.15, 0.2) is 0 Å². The zero-order valence-electron chi connectivity index (χ0n) is 27.3. The number of furan rings is 1. The molecule has 2 heteroatoms. The third kappa shape index (κ3) is 4.81. The van der Waals surface area contributed by atoms with E-state index in [4.69, 9.17) is 4.42 Å². The molecule has 2 nitrogen and oxygen atoms in total.